The number of thiophene rings is 1. The molecule has 4 aromatic rings. The smallest absolute Gasteiger partial charge is 0.267 e. The van der Waals surface area contributed by atoms with E-state index in [1.54, 1.807) is 35.5 Å². The number of thiazole rings is 1. The Bertz CT molecular complexity index is 1220. The summed E-state index contributed by atoms with van der Waals surface area (Å²) in [7, 11) is 1.77. The van der Waals surface area contributed by atoms with E-state index >= 15 is 0 Å². The molecule has 0 aliphatic heterocycles. The summed E-state index contributed by atoms with van der Waals surface area (Å²) in [6.45, 7) is 0.593. The summed E-state index contributed by atoms with van der Waals surface area (Å²) in [4.78, 5) is 31.3. The lowest BCUT2D eigenvalue weighted by molar-refractivity contribution is -0.129. The first kappa shape index (κ1) is 22.8. The number of carbonyl (C=O) groups is 2. The van der Waals surface area contributed by atoms with Crippen LogP contribution in [0.2, 0.25) is 0 Å². The van der Waals surface area contributed by atoms with Gasteiger partial charge in [-0.25, -0.2) is 9.37 Å². The van der Waals surface area contributed by atoms with E-state index in [1.807, 2.05) is 17.5 Å². The zero-order valence-corrected chi connectivity index (χ0v) is 19.5. The van der Waals surface area contributed by atoms with Crippen molar-refractivity contribution >= 4 is 39.6 Å². The lowest BCUT2D eigenvalue weighted by Crippen LogP contribution is -2.29. The zero-order chi connectivity index (χ0) is 23.2. The van der Waals surface area contributed by atoms with Gasteiger partial charge in [-0.05, 0) is 54.6 Å². The topological polar surface area (TPSA) is 91.0 Å². The molecule has 0 aliphatic carbocycles. The predicted molar refractivity (Wildman–Crippen MR) is 128 cm³/mol. The molecule has 3 aromatic heterocycles. The van der Waals surface area contributed by atoms with E-state index in [1.165, 1.54) is 34.8 Å². The van der Waals surface area contributed by atoms with Crippen LogP contribution in [0.1, 0.15) is 27.5 Å². The van der Waals surface area contributed by atoms with Gasteiger partial charge in [-0.1, -0.05) is 6.07 Å². The summed E-state index contributed by atoms with van der Waals surface area (Å²) in [5.41, 5.74) is 3.21. The molecule has 33 heavy (non-hydrogen) atoms. The standard InChI is InChI=1S/C23H22FN5O2S2/c1-29(10-2-4-17-12-19(28-27-17)15-6-8-16(24)9-7-15)21(30)13-18-14-33-23(25-18)26-22(31)20-5-3-11-32-20/h3,5-9,11-12,14H,2,4,10,13H2,1H3,(H,27,28)(H,25,26,31). The van der Waals surface area contributed by atoms with Crippen LogP contribution in [0.3, 0.4) is 0 Å². The SMILES string of the molecule is CN(CCCc1cc(-c2ccc(F)cc2)n[nH]1)C(=O)Cc1csc(NC(=O)c2cccs2)n1. The Morgan fingerprint density at radius 2 is 2.00 bits per heavy atom. The predicted octanol–water partition coefficient (Wildman–Crippen LogP) is 4.62. The van der Waals surface area contributed by atoms with Gasteiger partial charge in [0.15, 0.2) is 5.13 Å². The number of hydrogen-bond donors (Lipinski definition) is 2. The van der Waals surface area contributed by atoms with E-state index in [4.69, 9.17) is 0 Å². The van der Waals surface area contributed by atoms with Crippen LogP contribution in [0.5, 0.6) is 0 Å². The van der Waals surface area contributed by atoms with E-state index in [0.29, 0.717) is 22.2 Å². The second kappa shape index (κ2) is 10.5. The van der Waals surface area contributed by atoms with E-state index in [9.17, 15) is 14.0 Å². The molecule has 10 heteroatoms. The van der Waals surface area contributed by atoms with Crippen molar-refractivity contribution < 1.29 is 14.0 Å². The number of benzene rings is 1. The van der Waals surface area contributed by atoms with Gasteiger partial charge >= 0.3 is 0 Å². The summed E-state index contributed by atoms with van der Waals surface area (Å²) in [5, 5.41) is 14.2. The van der Waals surface area contributed by atoms with Gasteiger partial charge in [0.2, 0.25) is 5.91 Å². The number of nitrogens with one attached hydrogen (secondary N) is 2. The zero-order valence-electron chi connectivity index (χ0n) is 17.9. The number of anilines is 1. The minimum Gasteiger partial charge on any atom is -0.345 e. The van der Waals surface area contributed by atoms with Crippen molar-refractivity contribution in [3.05, 3.63) is 75.3 Å². The van der Waals surface area contributed by atoms with Crippen molar-refractivity contribution in [2.45, 2.75) is 19.3 Å². The van der Waals surface area contributed by atoms with Crippen LogP contribution in [0.15, 0.2) is 53.2 Å². The first-order chi connectivity index (χ1) is 16.0. The average molecular weight is 484 g/mol. The van der Waals surface area contributed by atoms with Gasteiger partial charge in [0.05, 0.1) is 22.7 Å². The number of aromatic amines is 1. The molecule has 170 valence electrons. The molecule has 0 saturated carbocycles. The summed E-state index contributed by atoms with van der Waals surface area (Å²) >= 11 is 2.67. The van der Waals surface area contributed by atoms with E-state index in [2.05, 4.69) is 20.5 Å². The van der Waals surface area contributed by atoms with Gasteiger partial charge in [-0.3, -0.25) is 20.0 Å². The molecule has 0 unspecified atom stereocenters. The summed E-state index contributed by atoms with van der Waals surface area (Å²) in [5.74, 6) is -0.511. The Hall–Kier alpha value is -3.37. The van der Waals surface area contributed by atoms with Crippen molar-refractivity contribution in [3.63, 3.8) is 0 Å². The third-order valence-corrected chi connectivity index (χ3v) is 6.66. The largest absolute Gasteiger partial charge is 0.345 e. The maximum Gasteiger partial charge on any atom is 0.267 e. The highest BCUT2D eigenvalue weighted by Gasteiger charge is 2.14. The highest BCUT2D eigenvalue weighted by molar-refractivity contribution is 7.14. The summed E-state index contributed by atoms with van der Waals surface area (Å²) < 4.78 is 13.1. The quantitative estimate of drug-likeness (QED) is 0.363. The number of likely N-dealkylation sites (N-methyl/N-ethyl adjacent to an activating group) is 1. The fourth-order valence-corrected chi connectivity index (χ4v) is 4.52. The average Bonchev–Trinajstić information content (AvgIpc) is 3.57. The number of aryl methyl sites for hydroxylation is 1. The molecule has 3 heterocycles. The van der Waals surface area contributed by atoms with Gasteiger partial charge in [-0.15, -0.1) is 22.7 Å². The molecule has 0 aliphatic rings. The second-order valence-electron chi connectivity index (χ2n) is 7.46. The Labute approximate surface area is 198 Å². The number of rotatable bonds is 9. The molecular weight excluding hydrogens is 461 g/mol. The summed E-state index contributed by atoms with van der Waals surface area (Å²) in [6, 6.07) is 11.7. The lowest BCUT2D eigenvalue weighted by atomic mass is 10.1. The van der Waals surface area contributed by atoms with Crippen molar-refractivity contribution in [1.82, 2.24) is 20.1 Å². The van der Waals surface area contributed by atoms with Gasteiger partial charge in [0, 0.05) is 30.2 Å². The van der Waals surface area contributed by atoms with Crippen molar-refractivity contribution in [2.24, 2.45) is 0 Å². The molecule has 0 saturated heterocycles. The number of halogens is 1. The van der Waals surface area contributed by atoms with Crippen LogP contribution < -0.4 is 5.32 Å². The van der Waals surface area contributed by atoms with Crippen LogP contribution in [-0.2, 0) is 17.6 Å². The molecule has 0 atom stereocenters. The Balaban J connectivity index is 1.22. The lowest BCUT2D eigenvalue weighted by Gasteiger charge is -2.16. The maximum absolute atomic E-state index is 13.1. The van der Waals surface area contributed by atoms with Crippen molar-refractivity contribution in [3.8, 4) is 11.3 Å². The van der Waals surface area contributed by atoms with Crippen molar-refractivity contribution in [1.29, 1.82) is 0 Å². The maximum atomic E-state index is 13.1. The molecule has 0 fully saturated rings. The minimum absolute atomic E-state index is 0.0342. The number of nitrogens with zero attached hydrogens (tertiary/aromatic N) is 3. The van der Waals surface area contributed by atoms with E-state index < -0.39 is 0 Å². The van der Waals surface area contributed by atoms with Gasteiger partial charge in [-0.2, -0.15) is 5.10 Å². The molecule has 2 N–H and O–H groups in total. The van der Waals surface area contributed by atoms with Crippen molar-refractivity contribution in [2.75, 3.05) is 18.9 Å². The molecule has 0 spiro atoms. The molecule has 0 bridgehead atoms. The first-order valence-corrected chi connectivity index (χ1v) is 12.1. The van der Waals surface area contributed by atoms with Gasteiger partial charge < -0.3 is 4.90 Å². The van der Waals surface area contributed by atoms with Crippen LogP contribution in [0.4, 0.5) is 9.52 Å². The third kappa shape index (κ3) is 6.11. The van der Waals surface area contributed by atoms with Crippen LogP contribution >= 0.6 is 22.7 Å². The number of hydrogen-bond acceptors (Lipinski definition) is 6. The highest BCUT2D eigenvalue weighted by atomic mass is 32.1. The number of amides is 2. The highest BCUT2D eigenvalue weighted by Crippen LogP contribution is 2.20. The minimum atomic E-state index is -0.279. The van der Waals surface area contributed by atoms with Gasteiger partial charge in [0.1, 0.15) is 5.82 Å². The van der Waals surface area contributed by atoms with Crippen LogP contribution in [0.25, 0.3) is 11.3 Å². The van der Waals surface area contributed by atoms with E-state index in [0.717, 1.165) is 29.8 Å². The molecule has 2 amide bonds. The molecular formula is C23H22FN5O2S2. The van der Waals surface area contributed by atoms with Crippen LogP contribution in [0, 0.1) is 5.82 Å². The Morgan fingerprint density at radius 1 is 1.18 bits per heavy atom. The molecule has 4 rings (SSSR count). The fraction of sp³-hybridized carbons (Fsp3) is 0.217. The second-order valence-corrected chi connectivity index (χ2v) is 9.26. The monoisotopic (exact) mass is 483 g/mol. The van der Waals surface area contributed by atoms with Gasteiger partial charge in [0.25, 0.3) is 5.91 Å². The third-order valence-electron chi connectivity index (χ3n) is 4.99. The Morgan fingerprint density at radius 3 is 2.76 bits per heavy atom. The number of carbonyl (C=O) groups excluding carboxylic acids is 2. The first-order valence-electron chi connectivity index (χ1n) is 10.3. The number of H-pyrrole nitrogens is 1. The molecule has 1 aromatic carbocycles. The molecule has 0 radical (unpaired) electrons. The van der Waals surface area contributed by atoms with E-state index in [-0.39, 0.29) is 24.1 Å². The fourth-order valence-electron chi connectivity index (χ4n) is 3.19. The molecule has 7 nitrogen and oxygen atoms in total. The van der Waals surface area contributed by atoms with Crippen LogP contribution in [-0.4, -0.2) is 45.5 Å². The summed E-state index contributed by atoms with van der Waals surface area (Å²) in [6.07, 6.45) is 1.69. The number of aromatic nitrogens is 3. The Kier molecular flexibility index (Phi) is 7.26. The normalized spacial score (nSPS) is 10.8.